The minimum atomic E-state index is -0.623. The zero-order chi connectivity index (χ0) is 19.0. The molecule has 2 atom stereocenters. The molecule has 0 saturated heterocycles. The van der Waals surface area contributed by atoms with Crippen LogP contribution in [-0.2, 0) is 16.1 Å². The van der Waals surface area contributed by atoms with Crippen LogP contribution in [-0.4, -0.2) is 22.5 Å². The van der Waals surface area contributed by atoms with Gasteiger partial charge in [-0.15, -0.1) is 0 Å². The molecule has 2 aromatic rings. The molecular weight excluding hydrogens is 361 g/mol. The van der Waals surface area contributed by atoms with Crippen molar-refractivity contribution in [2.24, 2.45) is 16.8 Å². The molecule has 0 fully saturated rings. The van der Waals surface area contributed by atoms with E-state index in [9.17, 15) is 9.18 Å². The predicted octanol–water partition coefficient (Wildman–Crippen LogP) is 3.85. The smallest absolute Gasteiger partial charge is 0.241 e. The Balaban J connectivity index is 1.87. The number of fused-ring (bicyclic) bond motifs is 2. The molecular formula is C21H22FN3OS. The molecule has 0 aromatic heterocycles. The molecule has 1 aliphatic heterocycles. The van der Waals surface area contributed by atoms with Gasteiger partial charge in [-0.1, -0.05) is 48.2 Å². The Bertz CT molecular complexity index is 916. The highest BCUT2D eigenvalue weighted by molar-refractivity contribution is 8.15. The Labute approximate surface area is 162 Å². The maximum atomic E-state index is 13.8. The van der Waals surface area contributed by atoms with E-state index in [1.54, 1.807) is 22.8 Å². The Hall–Kier alpha value is -2.18. The van der Waals surface area contributed by atoms with Crippen molar-refractivity contribution in [2.45, 2.75) is 31.1 Å². The van der Waals surface area contributed by atoms with Crippen LogP contribution in [0.25, 0.3) is 0 Å². The average Bonchev–Trinajstić information content (AvgIpc) is 3.06. The Morgan fingerprint density at radius 1 is 1.33 bits per heavy atom. The first-order chi connectivity index (χ1) is 13.1. The quantitative estimate of drug-likeness (QED) is 0.876. The maximum absolute atomic E-state index is 13.8. The normalized spacial score (nSPS) is 24.0. The van der Waals surface area contributed by atoms with Crippen LogP contribution in [0, 0.1) is 11.7 Å². The van der Waals surface area contributed by atoms with Gasteiger partial charge in [-0.2, -0.15) is 5.10 Å². The molecule has 2 N–H and O–H groups in total. The van der Waals surface area contributed by atoms with Crippen LogP contribution in [0.1, 0.15) is 36.5 Å². The summed E-state index contributed by atoms with van der Waals surface area (Å²) in [6.07, 6.45) is 2.71. The summed E-state index contributed by atoms with van der Waals surface area (Å²) in [5.41, 5.74) is 8.96. The molecule has 0 unspecified atom stereocenters. The van der Waals surface area contributed by atoms with Crippen molar-refractivity contribution >= 4 is 22.7 Å². The minimum absolute atomic E-state index is 0.118. The largest absolute Gasteiger partial charge is 0.330 e. The lowest BCUT2D eigenvalue weighted by molar-refractivity contribution is -0.134. The van der Waals surface area contributed by atoms with Gasteiger partial charge < -0.3 is 5.73 Å². The zero-order valence-corrected chi connectivity index (χ0v) is 16.0. The zero-order valence-electron chi connectivity index (χ0n) is 15.2. The number of hydrogen-bond donors (Lipinski definition) is 1. The van der Waals surface area contributed by atoms with E-state index < -0.39 is 4.87 Å². The van der Waals surface area contributed by atoms with E-state index in [0.717, 1.165) is 24.8 Å². The van der Waals surface area contributed by atoms with Crippen molar-refractivity contribution < 1.29 is 9.18 Å². The third kappa shape index (κ3) is 2.97. The van der Waals surface area contributed by atoms with Gasteiger partial charge in [0.25, 0.3) is 0 Å². The number of nitrogens with two attached hydrogens (primary N) is 1. The van der Waals surface area contributed by atoms with Gasteiger partial charge in [0.2, 0.25) is 5.91 Å². The molecule has 1 spiro atoms. The SMILES string of the molecule is CC(=O)N1N=C(c2cccc(F)c2)S[C@@]12c1ccccc1CC[C@H]2CCN. The number of carbonyl (C=O) groups is 1. The molecule has 2 aromatic carbocycles. The first-order valence-corrected chi connectivity index (χ1v) is 10.0. The van der Waals surface area contributed by atoms with E-state index in [1.807, 2.05) is 18.2 Å². The van der Waals surface area contributed by atoms with Crippen molar-refractivity contribution in [3.8, 4) is 0 Å². The lowest BCUT2D eigenvalue weighted by Gasteiger charge is -2.45. The number of hydrogen-bond acceptors (Lipinski definition) is 4. The number of rotatable bonds is 3. The lowest BCUT2D eigenvalue weighted by atomic mass is 9.77. The summed E-state index contributed by atoms with van der Waals surface area (Å²) in [6.45, 7) is 2.09. The minimum Gasteiger partial charge on any atom is -0.330 e. The number of amides is 1. The molecule has 1 heterocycles. The van der Waals surface area contributed by atoms with Crippen LogP contribution in [0.3, 0.4) is 0 Å². The van der Waals surface area contributed by atoms with E-state index in [2.05, 4.69) is 17.2 Å². The van der Waals surface area contributed by atoms with Crippen LogP contribution >= 0.6 is 11.8 Å². The van der Waals surface area contributed by atoms with Gasteiger partial charge in [-0.3, -0.25) is 4.79 Å². The number of thioether (sulfide) groups is 1. The number of aryl methyl sites for hydroxylation is 1. The highest BCUT2D eigenvalue weighted by Crippen LogP contribution is 2.57. The first-order valence-electron chi connectivity index (χ1n) is 9.19. The summed E-state index contributed by atoms with van der Waals surface area (Å²) in [5, 5.41) is 6.94. The van der Waals surface area contributed by atoms with Crippen molar-refractivity contribution in [1.82, 2.24) is 5.01 Å². The van der Waals surface area contributed by atoms with E-state index in [0.29, 0.717) is 17.2 Å². The summed E-state index contributed by atoms with van der Waals surface area (Å²) in [5.74, 6) is -0.248. The van der Waals surface area contributed by atoms with E-state index in [-0.39, 0.29) is 17.6 Å². The third-order valence-electron chi connectivity index (χ3n) is 5.36. The second-order valence-electron chi connectivity index (χ2n) is 7.01. The van der Waals surface area contributed by atoms with Gasteiger partial charge >= 0.3 is 0 Å². The summed E-state index contributed by atoms with van der Waals surface area (Å²) in [4.78, 5) is 12.0. The van der Waals surface area contributed by atoms with Crippen molar-refractivity contribution in [1.29, 1.82) is 0 Å². The number of carbonyl (C=O) groups excluding carboxylic acids is 1. The maximum Gasteiger partial charge on any atom is 0.241 e. The van der Waals surface area contributed by atoms with E-state index in [1.165, 1.54) is 24.6 Å². The molecule has 0 bridgehead atoms. The summed E-state index contributed by atoms with van der Waals surface area (Å²) in [6, 6.07) is 14.6. The molecule has 0 saturated carbocycles. The van der Waals surface area contributed by atoms with Gasteiger partial charge in [-0.05, 0) is 55.0 Å². The molecule has 2 aliphatic rings. The predicted molar refractivity (Wildman–Crippen MR) is 107 cm³/mol. The fraction of sp³-hybridized carbons (Fsp3) is 0.333. The Morgan fingerprint density at radius 3 is 2.89 bits per heavy atom. The van der Waals surface area contributed by atoms with Crippen LogP contribution < -0.4 is 5.73 Å². The average molecular weight is 383 g/mol. The molecule has 1 amide bonds. The fourth-order valence-corrected chi connectivity index (χ4v) is 5.85. The fourth-order valence-electron chi connectivity index (χ4n) is 4.22. The van der Waals surface area contributed by atoms with E-state index in [4.69, 9.17) is 5.73 Å². The molecule has 4 rings (SSSR count). The monoisotopic (exact) mass is 383 g/mol. The summed E-state index contributed by atoms with van der Waals surface area (Å²) >= 11 is 1.56. The number of nitrogens with zero attached hydrogens (tertiary/aromatic N) is 2. The van der Waals surface area contributed by atoms with Crippen LogP contribution in [0.2, 0.25) is 0 Å². The van der Waals surface area contributed by atoms with Crippen LogP contribution in [0.5, 0.6) is 0 Å². The summed E-state index contributed by atoms with van der Waals surface area (Å²) < 4.78 is 13.8. The third-order valence-corrected chi connectivity index (χ3v) is 6.91. The lowest BCUT2D eigenvalue weighted by Crippen LogP contribution is -2.49. The highest BCUT2D eigenvalue weighted by Gasteiger charge is 2.54. The van der Waals surface area contributed by atoms with Gasteiger partial charge in [0.1, 0.15) is 15.7 Å². The topological polar surface area (TPSA) is 58.7 Å². The van der Waals surface area contributed by atoms with Crippen LogP contribution in [0.15, 0.2) is 53.6 Å². The van der Waals surface area contributed by atoms with Gasteiger partial charge in [-0.25, -0.2) is 9.40 Å². The molecule has 1 aliphatic carbocycles. The van der Waals surface area contributed by atoms with Crippen molar-refractivity contribution in [2.75, 3.05) is 6.54 Å². The molecule has 4 nitrogen and oxygen atoms in total. The summed E-state index contributed by atoms with van der Waals surface area (Å²) in [7, 11) is 0. The first kappa shape index (κ1) is 18.2. The van der Waals surface area contributed by atoms with Crippen molar-refractivity contribution in [3.05, 3.63) is 71.0 Å². The second-order valence-corrected chi connectivity index (χ2v) is 8.23. The van der Waals surface area contributed by atoms with Gasteiger partial charge in [0.15, 0.2) is 0 Å². The van der Waals surface area contributed by atoms with Gasteiger partial charge in [0.05, 0.1) is 0 Å². The Kier molecular flexibility index (Phi) is 4.78. The molecule has 140 valence electrons. The number of benzene rings is 2. The molecule has 0 radical (unpaired) electrons. The van der Waals surface area contributed by atoms with Gasteiger partial charge in [0, 0.05) is 12.5 Å². The number of halogens is 1. The van der Waals surface area contributed by atoms with E-state index >= 15 is 0 Å². The molecule has 27 heavy (non-hydrogen) atoms. The number of hydrazone groups is 1. The molecule has 6 heteroatoms. The van der Waals surface area contributed by atoms with Crippen molar-refractivity contribution in [3.63, 3.8) is 0 Å². The van der Waals surface area contributed by atoms with Crippen LogP contribution in [0.4, 0.5) is 4.39 Å². The second kappa shape index (κ2) is 7.09. The highest BCUT2D eigenvalue weighted by atomic mass is 32.2. The Morgan fingerprint density at radius 2 is 2.15 bits per heavy atom. The standard InChI is InChI=1S/C21H22FN3OS/c1-14(26)25-21(27-20(24-25)16-6-4-7-18(22)13-16)17(11-12-23)10-9-15-5-2-3-8-19(15)21/h2-8,13,17H,9-12,23H2,1H3/t17-,21-/m0/s1.